The summed E-state index contributed by atoms with van der Waals surface area (Å²) in [5.74, 6) is 1.01. The molecule has 0 unspecified atom stereocenters. The van der Waals surface area contributed by atoms with Gasteiger partial charge in [-0.2, -0.15) is 0 Å². The van der Waals surface area contributed by atoms with Crippen molar-refractivity contribution in [2.45, 2.75) is 70.4 Å². The summed E-state index contributed by atoms with van der Waals surface area (Å²) < 4.78 is 2.17. The van der Waals surface area contributed by atoms with Gasteiger partial charge >= 0.3 is 0 Å². The van der Waals surface area contributed by atoms with Crippen molar-refractivity contribution in [3.63, 3.8) is 0 Å². The Hall–Kier alpha value is -1.43. The van der Waals surface area contributed by atoms with Gasteiger partial charge in [-0.25, -0.2) is 0 Å². The fraction of sp³-hybridized carbons (Fsp3) is 0.824. The first kappa shape index (κ1) is 16.4. The first-order valence-corrected chi connectivity index (χ1v) is 9.15. The molecule has 2 aliphatic rings. The standard InChI is InChI=1S/C17H29N5O/c1-14(17-20-18-13-22(17)15-7-3-4-8-15)19-16(23)9-12-21-10-5-2-6-11-21/h13-15H,2-12H2,1H3,(H,19,23)/t14-/m1/s1. The van der Waals surface area contributed by atoms with Gasteiger partial charge in [0.2, 0.25) is 5.91 Å². The van der Waals surface area contributed by atoms with Crippen molar-refractivity contribution in [2.75, 3.05) is 19.6 Å². The van der Waals surface area contributed by atoms with Crippen LogP contribution in [0.25, 0.3) is 0 Å². The molecule has 23 heavy (non-hydrogen) atoms. The summed E-state index contributed by atoms with van der Waals surface area (Å²) in [6.07, 6.45) is 11.2. The van der Waals surface area contributed by atoms with E-state index in [1.807, 2.05) is 13.3 Å². The molecule has 6 nitrogen and oxygen atoms in total. The molecule has 6 heteroatoms. The molecule has 1 saturated heterocycles. The minimum Gasteiger partial charge on any atom is -0.346 e. The fourth-order valence-electron chi connectivity index (χ4n) is 3.85. The Labute approximate surface area is 138 Å². The van der Waals surface area contributed by atoms with E-state index in [2.05, 4.69) is 25.0 Å². The Kier molecular flexibility index (Phi) is 5.65. The molecule has 2 fully saturated rings. The fourth-order valence-corrected chi connectivity index (χ4v) is 3.85. The number of hydrogen-bond donors (Lipinski definition) is 1. The third kappa shape index (κ3) is 4.31. The van der Waals surface area contributed by atoms with Gasteiger partial charge < -0.3 is 14.8 Å². The van der Waals surface area contributed by atoms with Crippen molar-refractivity contribution in [3.8, 4) is 0 Å². The Morgan fingerprint density at radius 3 is 2.74 bits per heavy atom. The van der Waals surface area contributed by atoms with Crippen LogP contribution < -0.4 is 5.32 Å². The number of piperidine rings is 1. The summed E-state index contributed by atoms with van der Waals surface area (Å²) in [4.78, 5) is 14.6. The van der Waals surface area contributed by atoms with Gasteiger partial charge in [-0.1, -0.05) is 19.3 Å². The maximum absolute atomic E-state index is 12.2. The molecule has 1 aliphatic carbocycles. The third-order valence-corrected chi connectivity index (χ3v) is 5.19. The van der Waals surface area contributed by atoms with Crippen LogP contribution in [-0.2, 0) is 4.79 Å². The van der Waals surface area contributed by atoms with Gasteiger partial charge in [0.05, 0.1) is 6.04 Å². The second-order valence-corrected chi connectivity index (χ2v) is 6.98. The smallest absolute Gasteiger partial charge is 0.221 e. The zero-order chi connectivity index (χ0) is 16.1. The van der Waals surface area contributed by atoms with Gasteiger partial charge in [-0.05, 0) is 45.7 Å². The molecule has 0 spiro atoms. The van der Waals surface area contributed by atoms with Crippen molar-refractivity contribution in [2.24, 2.45) is 0 Å². The second kappa shape index (κ2) is 7.90. The quantitative estimate of drug-likeness (QED) is 0.875. The highest BCUT2D eigenvalue weighted by Crippen LogP contribution is 2.31. The average Bonchev–Trinajstić information content (AvgIpc) is 3.24. The van der Waals surface area contributed by atoms with E-state index in [0.29, 0.717) is 12.5 Å². The van der Waals surface area contributed by atoms with Crippen LogP contribution in [0.2, 0.25) is 0 Å². The maximum Gasteiger partial charge on any atom is 0.221 e. The highest BCUT2D eigenvalue weighted by molar-refractivity contribution is 5.76. The third-order valence-electron chi connectivity index (χ3n) is 5.19. The number of hydrogen-bond acceptors (Lipinski definition) is 4. The molecule has 0 aromatic carbocycles. The topological polar surface area (TPSA) is 63.1 Å². The minimum atomic E-state index is -0.0769. The summed E-state index contributed by atoms with van der Waals surface area (Å²) in [7, 11) is 0. The lowest BCUT2D eigenvalue weighted by Crippen LogP contribution is -2.35. The number of carbonyl (C=O) groups excluding carboxylic acids is 1. The van der Waals surface area contributed by atoms with Gasteiger partial charge in [-0.3, -0.25) is 4.79 Å². The van der Waals surface area contributed by atoms with Crippen LogP contribution in [0.4, 0.5) is 0 Å². The molecule has 128 valence electrons. The molecule has 1 aliphatic heterocycles. The van der Waals surface area contributed by atoms with E-state index in [9.17, 15) is 4.79 Å². The number of carbonyl (C=O) groups is 1. The van der Waals surface area contributed by atoms with Crippen LogP contribution in [0.15, 0.2) is 6.33 Å². The molecule has 1 atom stereocenters. The van der Waals surface area contributed by atoms with Crippen LogP contribution in [-0.4, -0.2) is 45.2 Å². The van der Waals surface area contributed by atoms with Gasteiger partial charge in [0, 0.05) is 19.0 Å². The molecule has 1 N–H and O–H groups in total. The van der Waals surface area contributed by atoms with Crippen molar-refractivity contribution < 1.29 is 4.79 Å². The van der Waals surface area contributed by atoms with E-state index >= 15 is 0 Å². The number of aromatic nitrogens is 3. The molecule has 1 saturated carbocycles. The molecule has 1 amide bonds. The summed E-state index contributed by atoms with van der Waals surface area (Å²) in [6.45, 7) is 5.15. The molecule has 1 aromatic rings. The molecule has 2 heterocycles. The predicted octanol–water partition coefficient (Wildman–Crippen LogP) is 2.45. The lowest BCUT2D eigenvalue weighted by Gasteiger charge is -2.26. The molecule has 0 radical (unpaired) electrons. The van der Waals surface area contributed by atoms with E-state index in [1.54, 1.807) is 0 Å². The Bertz CT molecular complexity index is 503. The van der Waals surface area contributed by atoms with E-state index in [1.165, 1.54) is 44.9 Å². The van der Waals surface area contributed by atoms with Crippen LogP contribution in [0.1, 0.15) is 76.2 Å². The largest absolute Gasteiger partial charge is 0.346 e. The van der Waals surface area contributed by atoms with Crippen molar-refractivity contribution in [3.05, 3.63) is 12.2 Å². The van der Waals surface area contributed by atoms with Gasteiger partial charge in [0.1, 0.15) is 6.33 Å². The van der Waals surface area contributed by atoms with E-state index in [0.717, 1.165) is 25.5 Å². The Morgan fingerprint density at radius 2 is 2.00 bits per heavy atom. The molecular formula is C17H29N5O. The van der Waals surface area contributed by atoms with Crippen LogP contribution in [0, 0.1) is 0 Å². The summed E-state index contributed by atoms with van der Waals surface area (Å²) in [6, 6.07) is 0.430. The normalized spacial score (nSPS) is 21.4. The second-order valence-electron chi connectivity index (χ2n) is 6.98. The van der Waals surface area contributed by atoms with Gasteiger partial charge in [0.15, 0.2) is 5.82 Å². The number of nitrogens with zero attached hydrogens (tertiary/aromatic N) is 4. The zero-order valence-corrected chi connectivity index (χ0v) is 14.2. The van der Waals surface area contributed by atoms with Gasteiger partial charge in [-0.15, -0.1) is 10.2 Å². The predicted molar refractivity (Wildman–Crippen MR) is 89.0 cm³/mol. The number of likely N-dealkylation sites (tertiary alicyclic amines) is 1. The maximum atomic E-state index is 12.2. The zero-order valence-electron chi connectivity index (χ0n) is 14.2. The number of nitrogens with one attached hydrogen (secondary N) is 1. The Morgan fingerprint density at radius 1 is 1.26 bits per heavy atom. The lowest BCUT2D eigenvalue weighted by molar-refractivity contribution is -0.122. The SMILES string of the molecule is C[C@@H](NC(=O)CCN1CCCCC1)c1nncn1C1CCCC1. The first-order chi connectivity index (χ1) is 11.2. The number of rotatable bonds is 6. The summed E-state index contributed by atoms with van der Waals surface area (Å²) in [5.41, 5.74) is 0. The van der Waals surface area contributed by atoms with Crippen LogP contribution in [0.5, 0.6) is 0 Å². The van der Waals surface area contributed by atoms with Gasteiger partial charge in [0.25, 0.3) is 0 Å². The van der Waals surface area contributed by atoms with Crippen LogP contribution in [0.3, 0.4) is 0 Å². The Balaban J connectivity index is 1.49. The van der Waals surface area contributed by atoms with Crippen LogP contribution >= 0.6 is 0 Å². The lowest BCUT2D eigenvalue weighted by atomic mass is 10.1. The molecule has 1 aromatic heterocycles. The monoisotopic (exact) mass is 319 g/mol. The first-order valence-electron chi connectivity index (χ1n) is 9.15. The molecule has 0 bridgehead atoms. The van der Waals surface area contributed by atoms with Crippen molar-refractivity contribution in [1.82, 2.24) is 25.0 Å². The van der Waals surface area contributed by atoms with Crippen molar-refractivity contribution >= 4 is 5.91 Å². The van der Waals surface area contributed by atoms with E-state index < -0.39 is 0 Å². The summed E-state index contributed by atoms with van der Waals surface area (Å²) in [5, 5.41) is 11.4. The molecule has 3 rings (SSSR count). The highest BCUT2D eigenvalue weighted by atomic mass is 16.1. The van der Waals surface area contributed by atoms with E-state index in [-0.39, 0.29) is 11.9 Å². The molecular weight excluding hydrogens is 290 g/mol. The summed E-state index contributed by atoms with van der Waals surface area (Å²) >= 11 is 0. The number of amides is 1. The van der Waals surface area contributed by atoms with Crippen molar-refractivity contribution in [1.29, 1.82) is 0 Å². The highest BCUT2D eigenvalue weighted by Gasteiger charge is 2.23. The van der Waals surface area contributed by atoms with E-state index in [4.69, 9.17) is 0 Å². The minimum absolute atomic E-state index is 0.0769. The average molecular weight is 319 g/mol.